The fraction of sp³-hybridized carbons (Fsp3) is 1.00. The number of halogens is 1. The molecule has 0 aromatic heterocycles. The number of nitrogens with zero attached hydrogens (tertiary/aromatic N) is 3. The van der Waals surface area contributed by atoms with Crippen molar-refractivity contribution in [2.45, 2.75) is 36.7 Å². The molecule has 3 fully saturated rings. The molecule has 122 valence electrons. The van der Waals surface area contributed by atoms with Gasteiger partial charge in [0.05, 0.1) is 18.2 Å². The molecule has 2 N–H and O–H groups in total. The second-order valence-electron chi connectivity index (χ2n) is 7.20. The average molecular weight is 300 g/mol. The number of hydrogen-bond donors (Lipinski definition) is 1. The maximum absolute atomic E-state index is 14.4. The van der Waals surface area contributed by atoms with Gasteiger partial charge in [0.2, 0.25) is 0 Å². The second kappa shape index (κ2) is 6.08. The van der Waals surface area contributed by atoms with Crippen molar-refractivity contribution < 1.29 is 9.13 Å². The molecule has 0 saturated carbocycles. The predicted octanol–water partition coefficient (Wildman–Crippen LogP) is -0.238. The Kier molecular flexibility index (Phi) is 4.52. The first kappa shape index (κ1) is 15.6. The van der Waals surface area contributed by atoms with Gasteiger partial charge in [-0.15, -0.1) is 0 Å². The number of alkyl halides is 1. The van der Waals surface area contributed by atoms with E-state index >= 15 is 0 Å². The predicted molar refractivity (Wildman–Crippen MR) is 81.1 cm³/mol. The highest BCUT2D eigenvalue weighted by Gasteiger charge is 2.44. The van der Waals surface area contributed by atoms with Crippen LogP contribution in [0.15, 0.2) is 0 Å². The van der Waals surface area contributed by atoms with Gasteiger partial charge in [0.15, 0.2) is 0 Å². The van der Waals surface area contributed by atoms with Crippen LogP contribution in [-0.4, -0.2) is 98.5 Å². The zero-order chi connectivity index (χ0) is 15.0. The first-order valence-electron chi connectivity index (χ1n) is 8.14. The van der Waals surface area contributed by atoms with E-state index in [0.717, 1.165) is 52.2 Å². The van der Waals surface area contributed by atoms with Gasteiger partial charge in [-0.2, -0.15) is 0 Å². The van der Waals surface area contributed by atoms with Crippen LogP contribution in [0, 0.1) is 0 Å². The summed E-state index contributed by atoms with van der Waals surface area (Å²) >= 11 is 0. The summed E-state index contributed by atoms with van der Waals surface area (Å²) in [5, 5.41) is 0. The Hall–Kier alpha value is -0.270. The van der Waals surface area contributed by atoms with E-state index in [1.165, 1.54) is 0 Å². The molecule has 21 heavy (non-hydrogen) atoms. The van der Waals surface area contributed by atoms with E-state index in [-0.39, 0.29) is 17.7 Å². The van der Waals surface area contributed by atoms with Crippen LogP contribution in [0.2, 0.25) is 0 Å². The number of rotatable bonds is 1. The molecule has 6 heteroatoms. The molecule has 1 spiro atoms. The fourth-order valence-electron chi connectivity index (χ4n) is 4.28. The van der Waals surface area contributed by atoms with Crippen LogP contribution in [0.1, 0.15) is 12.8 Å². The van der Waals surface area contributed by atoms with Gasteiger partial charge in [0, 0.05) is 45.3 Å². The zero-order valence-electron chi connectivity index (χ0n) is 13.3. The van der Waals surface area contributed by atoms with Gasteiger partial charge in [0.25, 0.3) is 0 Å². The van der Waals surface area contributed by atoms with E-state index in [1.807, 2.05) is 11.9 Å². The van der Waals surface area contributed by atoms with Crippen molar-refractivity contribution in [3.63, 3.8) is 0 Å². The molecule has 0 aliphatic carbocycles. The van der Waals surface area contributed by atoms with Crippen molar-refractivity contribution in [3.05, 3.63) is 0 Å². The summed E-state index contributed by atoms with van der Waals surface area (Å²) in [7, 11) is 4.10. The summed E-state index contributed by atoms with van der Waals surface area (Å²) in [4.78, 5) is 6.61. The van der Waals surface area contributed by atoms with Crippen LogP contribution < -0.4 is 5.73 Å². The van der Waals surface area contributed by atoms with E-state index in [0.29, 0.717) is 6.54 Å². The van der Waals surface area contributed by atoms with Gasteiger partial charge in [-0.3, -0.25) is 4.90 Å². The lowest BCUT2D eigenvalue weighted by atomic mass is 9.86. The highest BCUT2D eigenvalue weighted by molar-refractivity contribution is 5.00. The number of morpholine rings is 1. The van der Waals surface area contributed by atoms with Crippen LogP contribution >= 0.6 is 0 Å². The van der Waals surface area contributed by atoms with Gasteiger partial charge in [-0.25, -0.2) is 4.39 Å². The van der Waals surface area contributed by atoms with Gasteiger partial charge in [-0.05, 0) is 26.9 Å². The quantitative estimate of drug-likeness (QED) is 0.724. The zero-order valence-corrected chi connectivity index (χ0v) is 13.3. The van der Waals surface area contributed by atoms with Crippen molar-refractivity contribution in [1.29, 1.82) is 0 Å². The number of ether oxygens (including phenoxy) is 1. The number of nitrogens with two attached hydrogens (primary N) is 1. The Morgan fingerprint density at radius 2 is 1.81 bits per heavy atom. The first-order chi connectivity index (χ1) is 9.99. The van der Waals surface area contributed by atoms with E-state index in [9.17, 15) is 4.39 Å². The van der Waals surface area contributed by atoms with E-state index < -0.39 is 6.17 Å². The summed E-state index contributed by atoms with van der Waals surface area (Å²) in [5.74, 6) is 0. The van der Waals surface area contributed by atoms with Crippen LogP contribution in [0.3, 0.4) is 0 Å². The Labute approximate surface area is 127 Å². The lowest BCUT2D eigenvalue weighted by Crippen LogP contribution is -2.66. The van der Waals surface area contributed by atoms with Crippen molar-refractivity contribution in [3.8, 4) is 0 Å². The molecule has 0 bridgehead atoms. The topological polar surface area (TPSA) is 45.0 Å². The van der Waals surface area contributed by atoms with Gasteiger partial charge in [-0.1, -0.05) is 0 Å². The normalized spacial score (nSPS) is 39.7. The van der Waals surface area contributed by atoms with Gasteiger partial charge >= 0.3 is 0 Å². The Morgan fingerprint density at radius 1 is 1.10 bits per heavy atom. The standard InChI is InChI=1S/C15H29FN4O/c1-18-7-8-21-15(11-18)3-5-20(6-4-15)14-12(16)9-19(2)10-13(14)17/h12-14H,3-11,17H2,1-2H3. The van der Waals surface area contributed by atoms with Crippen LogP contribution in [0.25, 0.3) is 0 Å². The average Bonchev–Trinajstić information content (AvgIpc) is 2.40. The third-order valence-electron chi connectivity index (χ3n) is 5.39. The Bertz CT molecular complexity index is 350. The first-order valence-corrected chi connectivity index (χ1v) is 8.14. The molecule has 0 aromatic carbocycles. The molecule has 3 aliphatic heterocycles. The fourth-order valence-corrected chi connectivity index (χ4v) is 4.28. The van der Waals surface area contributed by atoms with Crippen LogP contribution in [0.4, 0.5) is 4.39 Å². The smallest absolute Gasteiger partial charge is 0.130 e. The van der Waals surface area contributed by atoms with E-state index in [4.69, 9.17) is 10.5 Å². The summed E-state index contributed by atoms with van der Waals surface area (Å²) in [6.07, 6.45) is 1.13. The van der Waals surface area contributed by atoms with Gasteiger partial charge in [0.1, 0.15) is 6.17 Å². The molecule has 3 unspecified atom stereocenters. The number of hydrogen-bond acceptors (Lipinski definition) is 5. The number of piperidine rings is 2. The summed E-state index contributed by atoms with van der Waals surface area (Å²) in [5.41, 5.74) is 6.21. The summed E-state index contributed by atoms with van der Waals surface area (Å²) in [6.45, 7) is 5.91. The molecule has 5 nitrogen and oxygen atoms in total. The largest absolute Gasteiger partial charge is 0.372 e. The van der Waals surface area contributed by atoms with Gasteiger partial charge < -0.3 is 20.3 Å². The van der Waals surface area contributed by atoms with Crippen molar-refractivity contribution in [1.82, 2.24) is 14.7 Å². The summed E-state index contributed by atoms with van der Waals surface area (Å²) < 4.78 is 20.5. The van der Waals surface area contributed by atoms with Crippen molar-refractivity contribution in [2.75, 3.05) is 60.0 Å². The second-order valence-corrected chi connectivity index (χ2v) is 7.20. The third-order valence-corrected chi connectivity index (χ3v) is 5.39. The molecule has 3 heterocycles. The lowest BCUT2D eigenvalue weighted by molar-refractivity contribution is -0.139. The molecule has 3 rings (SSSR count). The van der Waals surface area contributed by atoms with E-state index in [1.54, 1.807) is 0 Å². The molecule has 0 aromatic rings. The maximum atomic E-state index is 14.4. The molecule has 0 amide bonds. The monoisotopic (exact) mass is 300 g/mol. The highest BCUT2D eigenvalue weighted by atomic mass is 19.1. The summed E-state index contributed by atoms with van der Waals surface area (Å²) in [6, 6.07) is -0.220. The minimum absolute atomic E-state index is 0.00906. The minimum atomic E-state index is -0.845. The van der Waals surface area contributed by atoms with E-state index in [2.05, 4.69) is 16.8 Å². The Balaban J connectivity index is 1.60. The van der Waals surface area contributed by atoms with Crippen molar-refractivity contribution >= 4 is 0 Å². The molecular formula is C15H29FN4O. The lowest BCUT2D eigenvalue weighted by Gasteiger charge is -2.50. The minimum Gasteiger partial charge on any atom is -0.372 e. The van der Waals surface area contributed by atoms with Crippen LogP contribution in [-0.2, 0) is 4.74 Å². The highest BCUT2D eigenvalue weighted by Crippen LogP contribution is 2.32. The molecule has 3 saturated heterocycles. The molecular weight excluding hydrogens is 271 g/mol. The molecule has 3 atom stereocenters. The maximum Gasteiger partial charge on any atom is 0.130 e. The van der Waals surface area contributed by atoms with Crippen molar-refractivity contribution in [2.24, 2.45) is 5.73 Å². The number of likely N-dealkylation sites (tertiary alicyclic amines) is 2. The third kappa shape index (κ3) is 3.24. The van der Waals surface area contributed by atoms with Crippen LogP contribution in [0.5, 0.6) is 0 Å². The number of likely N-dealkylation sites (N-methyl/N-ethyl adjacent to an activating group) is 2. The molecule has 3 aliphatic rings. The Morgan fingerprint density at radius 3 is 2.43 bits per heavy atom. The SMILES string of the molecule is CN1CC(N)C(N2CCC3(CC2)CN(C)CCO3)C(F)C1. The molecule has 0 radical (unpaired) electrons.